The monoisotopic (exact) mass is 462 g/mol. The van der Waals surface area contributed by atoms with Crippen LogP contribution in [0, 0.1) is 0 Å². The second kappa shape index (κ2) is 8.37. The number of ether oxygens (including phenoxy) is 3. The number of rotatable bonds is 5. The van der Waals surface area contributed by atoms with Crippen molar-refractivity contribution in [2.75, 3.05) is 7.11 Å². The number of carbonyl (C=O) groups is 1. The van der Waals surface area contributed by atoms with Gasteiger partial charge in [0, 0.05) is 22.5 Å². The van der Waals surface area contributed by atoms with E-state index >= 15 is 0 Å². The van der Waals surface area contributed by atoms with Crippen LogP contribution in [-0.2, 0) is 0 Å². The molecule has 0 aliphatic heterocycles. The van der Waals surface area contributed by atoms with Gasteiger partial charge >= 0.3 is 5.97 Å². The van der Waals surface area contributed by atoms with Crippen LogP contribution in [0.25, 0.3) is 21.9 Å². The third kappa shape index (κ3) is 4.14. The minimum Gasteiger partial charge on any atom is -0.497 e. The van der Waals surface area contributed by atoms with Crippen molar-refractivity contribution in [3.63, 3.8) is 0 Å². The highest BCUT2D eigenvalue weighted by Crippen LogP contribution is 2.27. The van der Waals surface area contributed by atoms with Crippen molar-refractivity contribution in [3.05, 3.63) is 94.0 Å². The van der Waals surface area contributed by atoms with Gasteiger partial charge in [0.15, 0.2) is 0 Å². The molecule has 0 N–H and O–H groups in total. The Morgan fingerprint density at radius 1 is 0.909 bits per heavy atom. The second-order valence-corrected chi connectivity index (χ2v) is 7.49. The molecule has 0 fully saturated rings. The summed E-state index contributed by atoms with van der Waals surface area (Å²) in [5.74, 6) is 0.560. The molecule has 5 rings (SSSR count). The van der Waals surface area contributed by atoms with Crippen molar-refractivity contribution in [3.8, 4) is 23.0 Å². The quantitative estimate of drug-likeness (QED) is 0.226. The van der Waals surface area contributed by atoms with Gasteiger partial charge in [0.25, 0.3) is 0 Å². The van der Waals surface area contributed by atoms with Gasteiger partial charge in [-0.05, 0) is 48.5 Å². The summed E-state index contributed by atoms with van der Waals surface area (Å²) in [6, 6.07) is 17.9. The lowest BCUT2D eigenvalue weighted by Gasteiger charge is -2.08. The molecule has 7 nitrogen and oxygen atoms in total. The minimum absolute atomic E-state index is 0.0152. The number of hydrogen-bond donors (Lipinski definition) is 0. The predicted molar refractivity (Wildman–Crippen MR) is 122 cm³/mol. The van der Waals surface area contributed by atoms with Crippen LogP contribution in [0.1, 0.15) is 10.6 Å². The summed E-state index contributed by atoms with van der Waals surface area (Å²) in [5.41, 5.74) is 0.380. The van der Waals surface area contributed by atoms with Gasteiger partial charge in [-0.3, -0.25) is 4.79 Å². The molecule has 0 spiro atoms. The number of hydrogen-bond acceptors (Lipinski definition) is 7. The van der Waals surface area contributed by atoms with Crippen molar-refractivity contribution in [1.82, 2.24) is 0 Å². The Morgan fingerprint density at radius 2 is 1.76 bits per heavy atom. The molecule has 2 heterocycles. The van der Waals surface area contributed by atoms with E-state index in [1.807, 2.05) is 0 Å². The predicted octanol–water partition coefficient (Wildman–Crippen LogP) is 6.21. The Morgan fingerprint density at radius 3 is 2.61 bits per heavy atom. The van der Waals surface area contributed by atoms with Gasteiger partial charge in [-0.15, -0.1) is 0 Å². The highest BCUT2D eigenvalue weighted by atomic mass is 35.5. The van der Waals surface area contributed by atoms with Crippen LogP contribution in [0.3, 0.4) is 0 Å². The lowest BCUT2D eigenvalue weighted by molar-refractivity contribution is 0.0704. The topological polar surface area (TPSA) is 88.1 Å². The summed E-state index contributed by atoms with van der Waals surface area (Å²) in [6.07, 6.45) is 1.21. The molecule has 0 saturated heterocycles. The highest BCUT2D eigenvalue weighted by Gasteiger charge is 2.17. The molecule has 0 unspecified atom stereocenters. The van der Waals surface area contributed by atoms with Crippen molar-refractivity contribution in [1.29, 1.82) is 0 Å². The molecule has 5 aromatic rings. The normalized spacial score (nSPS) is 11.0. The lowest BCUT2D eigenvalue weighted by atomic mass is 10.2. The van der Waals surface area contributed by atoms with Crippen LogP contribution in [0.2, 0.25) is 5.02 Å². The number of fused-ring (bicyclic) bond motifs is 2. The Labute approximate surface area is 191 Å². The molecule has 0 aliphatic rings. The zero-order chi connectivity index (χ0) is 22.9. The lowest BCUT2D eigenvalue weighted by Crippen LogP contribution is -2.08. The average Bonchev–Trinajstić information content (AvgIpc) is 3.24. The van der Waals surface area contributed by atoms with Gasteiger partial charge in [-0.2, -0.15) is 0 Å². The van der Waals surface area contributed by atoms with Crippen LogP contribution in [-0.4, -0.2) is 13.1 Å². The number of methoxy groups -OCH3 is 1. The van der Waals surface area contributed by atoms with Gasteiger partial charge in [-0.25, -0.2) is 4.79 Å². The molecule has 0 amide bonds. The Kier molecular flexibility index (Phi) is 5.24. The average molecular weight is 463 g/mol. The first-order valence-corrected chi connectivity index (χ1v) is 10.2. The molecular formula is C25H15ClO7. The molecule has 0 atom stereocenters. The summed E-state index contributed by atoms with van der Waals surface area (Å²) in [4.78, 5) is 25.3. The highest BCUT2D eigenvalue weighted by molar-refractivity contribution is 6.31. The smallest absolute Gasteiger partial charge is 0.379 e. The molecule has 8 heteroatoms. The standard InChI is InChI=1S/C25H15ClO7/c1-29-16-3-2-4-17(11-16)31-23-13-30-21-12-18(6-7-19(21)24(23)27)32-25(28)22-10-14-9-15(26)5-8-20(14)33-22/h2-13H,1H3. The third-order valence-electron chi connectivity index (χ3n) is 4.87. The Bertz CT molecular complexity index is 1560. The summed E-state index contributed by atoms with van der Waals surface area (Å²) < 4.78 is 27.3. The third-order valence-corrected chi connectivity index (χ3v) is 5.11. The van der Waals surface area contributed by atoms with Crippen LogP contribution < -0.4 is 19.6 Å². The van der Waals surface area contributed by atoms with E-state index in [0.717, 1.165) is 0 Å². The molecule has 0 bridgehead atoms. The van der Waals surface area contributed by atoms with E-state index in [-0.39, 0.29) is 33.7 Å². The first-order chi connectivity index (χ1) is 16.0. The van der Waals surface area contributed by atoms with Crippen LogP contribution in [0.5, 0.6) is 23.0 Å². The maximum atomic E-state index is 12.8. The van der Waals surface area contributed by atoms with E-state index in [2.05, 4.69) is 0 Å². The molecular weight excluding hydrogens is 448 g/mol. The first-order valence-electron chi connectivity index (χ1n) is 9.79. The number of esters is 1. The van der Waals surface area contributed by atoms with Gasteiger partial charge in [0.05, 0.1) is 12.5 Å². The van der Waals surface area contributed by atoms with E-state index in [0.29, 0.717) is 27.5 Å². The fraction of sp³-hybridized carbons (Fsp3) is 0.0400. The maximum Gasteiger partial charge on any atom is 0.379 e. The summed E-state index contributed by atoms with van der Waals surface area (Å²) in [7, 11) is 1.54. The summed E-state index contributed by atoms with van der Waals surface area (Å²) in [5, 5.41) is 1.48. The zero-order valence-electron chi connectivity index (χ0n) is 17.2. The fourth-order valence-corrected chi connectivity index (χ4v) is 3.47. The molecule has 33 heavy (non-hydrogen) atoms. The van der Waals surface area contributed by atoms with Crippen molar-refractivity contribution in [2.45, 2.75) is 0 Å². The molecule has 3 aromatic carbocycles. The van der Waals surface area contributed by atoms with Crippen LogP contribution in [0.4, 0.5) is 0 Å². The molecule has 0 saturated carbocycles. The van der Waals surface area contributed by atoms with E-state index in [1.54, 1.807) is 48.5 Å². The van der Waals surface area contributed by atoms with E-state index in [9.17, 15) is 9.59 Å². The molecule has 0 aliphatic carbocycles. The Balaban J connectivity index is 1.39. The van der Waals surface area contributed by atoms with Crippen molar-refractivity contribution in [2.24, 2.45) is 0 Å². The fourth-order valence-electron chi connectivity index (χ4n) is 3.29. The number of furan rings is 1. The number of benzene rings is 3. The summed E-state index contributed by atoms with van der Waals surface area (Å²) >= 11 is 5.97. The van der Waals surface area contributed by atoms with E-state index in [1.165, 1.54) is 31.6 Å². The second-order valence-electron chi connectivity index (χ2n) is 7.05. The molecule has 0 radical (unpaired) electrons. The number of halogens is 1. The Hall–Kier alpha value is -4.23. The van der Waals surface area contributed by atoms with Gasteiger partial charge in [-0.1, -0.05) is 17.7 Å². The zero-order valence-corrected chi connectivity index (χ0v) is 17.9. The van der Waals surface area contributed by atoms with Gasteiger partial charge in [0.1, 0.15) is 34.7 Å². The first kappa shape index (κ1) is 20.7. The number of carbonyl (C=O) groups excluding carboxylic acids is 1. The SMILES string of the molecule is COc1cccc(Oc2coc3cc(OC(=O)c4cc5cc(Cl)ccc5o4)ccc3c2=O)c1. The van der Waals surface area contributed by atoms with Crippen molar-refractivity contribution >= 4 is 39.5 Å². The summed E-state index contributed by atoms with van der Waals surface area (Å²) in [6.45, 7) is 0. The van der Waals surface area contributed by atoms with Gasteiger partial charge < -0.3 is 23.0 Å². The minimum atomic E-state index is -0.693. The molecule has 2 aromatic heterocycles. The maximum absolute atomic E-state index is 12.8. The van der Waals surface area contributed by atoms with E-state index < -0.39 is 5.97 Å². The van der Waals surface area contributed by atoms with Gasteiger partial charge in [0.2, 0.25) is 16.9 Å². The molecule has 164 valence electrons. The largest absolute Gasteiger partial charge is 0.497 e. The van der Waals surface area contributed by atoms with Crippen molar-refractivity contribution < 1.29 is 27.8 Å². The van der Waals surface area contributed by atoms with Crippen LogP contribution in [0.15, 0.2) is 86.6 Å². The van der Waals surface area contributed by atoms with Crippen LogP contribution >= 0.6 is 11.6 Å². The van der Waals surface area contributed by atoms with E-state index in [4.69, 9.17) is 34.6 Å².